The van der Waals surface area contributed by atoms with Crippen LogP contribution in [0.2, 0.25) is 0 Å². The number of rotatable bonds is 5. The fourth-order valence-corrected chi connectivity index (χ4v) is 3.12. The molecule has 2 aromatic carbocycles. The zero-order valence-corrected chi connectivity index (χ0v) is 13.9. The molecule has 25 heavy (non-hydrogen) atoms. The van der Waals surface area contributed by atoms with E-state index in [-0.39, 0.29) is 17.3 Å². The lowest BCUT2D eigenvalue weighted by molar-refractivity contribution is -0.136. The van der Waals surface area contributed by atoms with Crippen molar-refractivity contribution in [3.05, 3.63) is 59.7 Å². The molecule has 0 saturated carbocycles. The van der Waals surface area contributed by atoms with Crippen LogP contribution in [-0.4, -0.2) is 14.3 Å². The van der Waals surface area contributed by atoms with Crippen molar-refractivity contribution in [2.45, 2.75) is 24.5 Å². The van der Waals surface area contributed by atoms with E-state index < -0.39 is 27.5 Å². The summed E-state index contributed by atoms with van der Waals surface area (Å²) >= 11 is 0. The maximum absolute atomic E-state index is 13.0. The average Bonchev–Trinajstić information content (AvgIpc) is 2.52. The number of hydrogen-bond donors (Lipinski definition) is 2. The molecular formula is C16H15F3N2O3S. The van der Waals surface area contributed by atoms with Crippen LogP contribution in [0.25, 0.3) is 0 Å². The van der Waals surface area contributed by atoms with Crippen LogP contribution in [0.1, 0.15) is 18.1 Å². The second kappa shape index (κ2) is 7.14. The van der Waals surface area contributed by atoms with E-state index in [1.165, 1.54) is 43.3 Å². The normalized spacial score (nSPS) is 11.8. The Hall–Kier alpha value is -2.55. The first kappa shape index (κ1) is 18.8. The van der Waals surface area contributed by atoms with Crippen LogP contribution >= 0.6 is 0 Å². The average molecular weight is 372 g/mol. The molecular weight excluding hydrogens is 357 g/mol. The maximum atomic E-state index is 13.0. The molecule has 2 N–H and O–H groups in total. The van der Waals surface area contributed by atoms with Crippen LogP contribution in [0.5, 0.6) is 0 Å². The number of sulfonamides is 1. The van der Waals surface area contributed by atoms with Gasteiger partial charge in [-0.3, -0.25) is 9.52 Å². The molecule has 5 nitrogen and oxygen atoms in total. The van der Waals surface area contributed by atoms with Gasteiger partial charge < -0.3 is 5.32 Å². The maximum Gasteiger partial charge on any atom is 0.418 e. The van der Waals surface area contributed by atoms with Crippen molar-refractivity contribution in [2.24, 2.45) is 0 Å². The predicted molar refractivity (Wildman–Crippen MR) is 86.2 cm³/mol. The Bertz CT molecular complexity index is 863. The Labute approximate surface area is 142 Å². The molecule has 0 aromatic heterocycles. The van der Waals surface area contributed by atoms with E-state index in [2.05, 4.69) is 5.32 Å². The van der Waals surface area contributed by atoms with Crippen molar-refractivity contribution in [3.8, 4) is 0 Å². The van der Waals surface area contributed by atoms with Crippen molar-refractivity contribution in [3.63, 3.8) is 0 Å². The lowest BCUT2D eigenvalue weighted by Gasteiger charge is -2.14. The van der Waals surface area contributed by atoms with Crippen molar-refractivity contribution in [1.82, 2.24) is 5.32 Å². The van der Waals surface area contributed by atoms with Gasteiger partial charge in [0.2, 0.25) is 5.91 Å². The number of carbonyl (C=O) groups excluding carboxylic acids is 1. The molecule has 0 heterocycles. The molecule has 0 bridgehead atoms. The number of nitrogens with one attached hydrogen (secondary N) is 2. The molecule has 0 unspecified atom stereocenters. The van der Waals surface area contributed by atoms with Gasteiger partial charge in [0.15, 0.2) is 0 Å². The molecule has 0 aliphatic rings. The third kappa shape index (κ3) is 4.96. The quantitative estimate of drug-likeness (QED) is 0.847. The number of para-hydroxylation sites is 1. The Kier molecular flexibility index (Phi) is 5.36. The van der Waals surface area contributed by atoms with E-state index in [9.17, 15) is 26.4 Å². The number of anilines is 1. The van der Waals surface area contributed by atoms with Crippen LogP contribution < -0.4 is 10.0 Å². The number of alkyl halides is 3. The Morgan fingerprint density at radius 1 is 1.04 bits per heavy atom. The number of halogens is 3. The summed E-state index contributed by atoms with van der Waals surface area (Å²) in [4.78, 5) is 10.7. The van der Waals surface area contributed by atoms with Crippen molar-refractivity contribution >= 4 is 21.6 Å². The summed E-state index contributed by atoms with van der Waals surface area (Å²) in [5.41, 5.74) is -0.956. The topological polar surface area (TPSA) is 75.3 Å². The summed E-state index contributed by atoms with van der Waals surface area (Å²) < 4.78 is 65.5. The highest BCUT2D eigenvalue weighted by Crippen LogP contribution is 2.35. The number of benzene rings is 2. The molecule has 0 spiro atoms. The monoisotopic (exact) mass is 372 g/mol. The van der Waals surface area contributed by atoms with Crippen molar-refractivity contribution in [1.29, 1.82) is 0 Å². The summed E-state index contributed by atoms with van der Waals surface area (Å²) in [5, 5.41) is 2.55. The van der Waals surface area contributed by atoms with E-state index in [1.54, 1.807) is 0 Å². The summed E-state index contributed by atoms with van der Waals surface area (Å²) in [6, 6.07) is 9.80. The van der Waals surface area contributed by atoms with E-state index in [0.717, 1.165) is 12.1 Å². The number of carbonyl (C=O) groups is 1. The lowest BCUT2D eigenvalue weighted by atomic mass is 10.2. The Morgan fingerprint density at radius 2 is 1.64 bits per heavy atom. The zero-order chi connectivity index (χ0) is 18.7. The molecule has 0 atom stereocenters. The van der Waals surface area contributed by atoms with Gasteiger partial charge in [-0.15, -0.1) is 0 Å². The third-order valence-corrected chi connectivity index (χ3v) is 4.63. The summed E-state index contributed by atoms with van der Waals surface area (Å²) in [5.74, 6) is -0.234. The fourth-order valence-electron chi connectivity index (χ4n) is 2.04. The van der Waals surface area contributed by atoms with Gasteiger partial charge in [0.25, 0.3) is 10.0 Å². The molecule has 1 amide bonds. The minimum Gasteiger partial charge on any atom is -0.352 e. The van der Waals surface area contributed by atoms with E-state index in [0.29, 0.717) is 5.56 Å². The summed E-state index contributed by atoms with van der Waals surface area (Å²) in [6.45, 7) is 1.57. The van der Waals surface area contributed by atoms with Crippen LogP contribution in [-0.2, 0) is 27.5 Å². The summed E-state index contributed by atoms with van der Waals surface area (Å²) in [6.07, 6.45) is -4.68. The molecule has 2 rings (SSSR count). The van der Waals surface area contributed by atoms with Crippen LogP contribution in [0, 0.1) is 0 Å². The minimum absolute atomic E-state index is 0.184. The van der Waals surface area contributed by atoms with E-state index in [1.807, 2.05) is 4.72 Å². The standard InChI is InChI=1S/C16H15F3N2O3S/c1-11(22)20-10-12-6-8-13(9-7-12)25(23,24)21-15-5-3-2-4-14(15)16(17,18)19/h2-9,21H,10H2,1H3,(H,20,22). The lowest BCUT2D eigenvalue weighted by Crippen LogP contribution is -2.19. The first-order chi connectivity index (χ1) is 11.6. The van der Waals surface area contributed by atoms with E-state index in [4.69, 9.17) is 0 Å². The van der Waals surface area contributed by atoms with Gasteiger partial charge in [-0.25, -0.2) is 8.42 Å². The van der Waals surface area contributed by atoms with Gasteiger partial charge in [-0.1, -0.05) is 24.3 Å². The van der Waals surface area contributed by atoms with Crippen molar-refractivity contribution in [2.75, 3.05) is 4.72 Å². The van der Waals surface area contributed by atoms with Crippen LogP contribution in [0.4, 0.5) is 18.9 Å². The van der Waals surface area contributed by atoms with Gasteiger partial charge in [0.1, 0.15) is 0 Å². The second-order valence-corrected chi connectivity index (χ2v) is 6.88. The number of amides is 1. The van der Waals surface area contributed by atoms with Gasteiger partial charge in [-0.05, 0) is 29.8 Å². The highest BCUT2D eigenvalue weighted by Gasteiger charge is 2.34. The fraction of sp³-hybridized carbons (Fsp3) is 0.188. The Morgan fingerprint density at radius 3 is 2.20 bits per heavy atom. The van der Waals surface area contributed by atoms with Crippen molar-refractivity contribution < 1.29 is 26.4 Å². The van der Waals surface area contributed by atoms with Crippen LogP contribution in [0.15, 0.2) is 53.4 Å². The first-order valence-electron chi connectivity index (χ1n) is 7.12. The van der Waals surface area contributed by atoms with E-state index >= 15 is 0 Å². The molecule has 0 radical (unpaired) electrons. The molecule has 0 saturated heterocycles. The van der Waals surface area contributed by atoms with Gasteiger partial charge in [-0.2, -0.15) is 13.2 Å². The zero-order valence-electron chi connectivity index (χ0n) is 13.1. The SMILES string of the molecule is CC(=O)NCc1ccc(S(=O)(=O)Nc2ccccc2C(F)(F)F)cc1. The molecule has 0 fully saturated rings. The highest BCUT2D eigenvalue weighted by atomic mass is 32.2. The Balaban J connectivity index is 2.24. The molecule has 9 heteroatoms. The molecule has 134 valence electrons. The largest absolute Gasteiger partial charge is 0.418 e. The first-order valence-corrected chi connectivity index (χ1v) is 8.60. The van der Waals surface area contributed by atoms with Crippen LogP contribution in [0.3, 0.4) is 0 Å². The highest BCUT2D eigenvalue weighted by molar-refractivity contribution is 7.92. The minimum atomic E-state index is -4.68. The van der Waals surface area contributed by atoms with Gasteiger partial charge in [0, 0.05) is 13.5 Å². The van der Waals surface area contributed by atoms with Gasteiger partial charge in [0.05, 0.1) is 16.1 Å². The molecule has 0 aliphatic carbocycles. The molecule has 2 aromatic rings. The smallest absolute Gasteiger partial charge is 0.352 e. The predicted octanol–water partition coefficient (Wildman–Crippen LogP) is 3.14. The van der Waals surface area contributed by atoms with Gasteiger partial charge >= 0.3 is 6.18 Å². The molecule has 0 aliphatic heterocycles. The third-order valence-electron chi connectivity index (χ3n) is 3.25. The second-order valence-electron chi connectivity index (χ2n) is 5.20. The summed E-state index contributed by atoms with van der Waals surface area (Å²) in [7, 11) is -4.18. The number of hydrogen-bond acceptors (Lipinski definition) is 3.